The van der Waals surface area contributed by atoms with E-state index in [0.717, 1.165) is 12.8 Å². The molecule has 0 radical (unpaired) electrons. The van der Waals surface area contributed by atoms with Crippen molar-refractivity contribution >= 4 is 9.14 Å². The van der Waals surface area contributed by atoms with E-state index >= 15 is 0 Å². The summed E-state index contributed by atoms with van der Waals surface area (Å²) >= 11 is 0. The molecule has 3 rings (SSSR count). The lowest BCUT2D eigenvalue weighted by Crippen LogP contribution is -2.68. The molecule has 3 aromatic carbocycles. The van der Waals surface area contributed by atoms with E-state index < -0.39 is 14.1 Å². The van der Waals surface area contributed by atoms with Gasteiger partial charge in [0.2, 0.25) is 0 Å². The van der Waals surface area contributed by atoms with Crippen molar-refractivity contribution in [1.29, 1.82) is 0 Å². The number of hydrogen-bond acceptors (Lipinski definition) is 5. The Morgan fingerprint density at radius 1 is 0.611 bits per heavy atom. The molecule has 0 fully saturated rings. The second-order valence-corrected chi connectivity index (χ2v) is 15.0. The van der Waals surface area contributed by atoms with Crippen molar-refractivity contribution < 1.29 is 22.0 Å². The molecule has 0 atom stereocenters. The average molecular weight is 515 g/mol. The smallest absolute Gasteiger partial charge is 0.182 e. The Hall–Kier alpha value is -2.83. The number of ether oxygens (including phenoxy) is 2. The van der Waals surface area contributed by atoms with Crippen molar-refractivity contribution in [2.45, 2.75) is 52.4 Å². The molecule has 6 heteroatoms. The molecule has 0 aliphatic rings. The molecule has 0 heterocycles. The fraction of sp³-hybridized carbons (Fsp3) is 0.400. The fourth-order valence-electron chi connectivity index (χ4n) is 5.10. The third-order valence-corrected chi connectivity index (χ3v) is 14.2. The zero-order chi connectivity index (χ0) is 26.2. The van der Waals surface area contributed by atoms with Crippen LogP contribution in [0.2, 0.25) is 0 Å². The van der Waals surface area contributed by atoms with Crippen LogP contribution in [0.15, 0.2) is 84.9 Å². The maximum Gasteiger partial charge on any atom is 0.182 e. The van der Waals surface area contributed by atoms with Gasteiger partial charge < -0.3 is 22.0 Å². The van der Waals surface area contributed by atoms with E-state index in [0.29, 0.717) is 41.1 Å². The Morgan fingerprint density at radius 3 is 1.47 bits per heavy atom. The lowest BCUT2D eigenvalue weighted by molar-refractivity contribution is 0.0254. The Morgan fingerprint density at radius 2 is 1.06 bits per heavy atom. The minimum atomic E-state index is -4.73. The molecule has 0 N–H and O–H groups in total. The van der Waals surface area contributed by atoms with Crippen LogP contribution in [0.3, 0.4) is 0 Å². The van der Waals surface area contributed by atoms with E-state index in [1.54, 1.807) is 7.11 Å². The van der Waals surface area contributed by atoms with Crippen molar-refractivity contribution in [3.63, 3.8) is 0 Å². The van der Waals surface area contributed by atoms with Gasteiger partial charge in [0.15, 0.2) is 16.4 Å². The quantitative estimate of drug-likeness (QED) is 0.216. The first-order valence-corrected chi connectivity index (χ1v) is 15.3. The summed E-state index contributed by atoms with van der Waals surface area (Å²) in [5, 5.41) is 0. The van der Waals surface area contributed by atoms with Crippen molar-refractivity contribution in [2.24, 2.45) is 0 Å². The highest BCUT2D eigenvalue weighted by Gasteiger charge is 2.75. The van der Waals surface area contributed by atoms with E-state index in [1.165, 1.54) is 0 Å². The summed E-state index contributed by atoms with van der Waals surface area (Å²) in [6.45, 7) is 10.8. The van der Waals surface area contributed by atoms with Crippen molar-refractivity contribution in [3.05, 3.63) is 84.9 Å². The normalized spacial score (nSPS) is 13.8. The summed E-state index contributed by atoms with van der Waals surface area (Å²) in [7, 11) is -3.08. The lowest BCUT2D eigenvalue weighted by atomic mass is 10.3. The first-order valence-electron chi connectivity index (χ1n) is 12.8. The molecule has 0 aliphatic heterocycles. The summed E-state index contributed by atoms with van der Waals surface area (Å²) in [6, 6.07) is 27.3. The molecule has 0 unspecified atom stereocenters. The van der Waals surface area contributed by atoms with Crippen LogP contribution in [0.25, 0.3) is 0 Å². The fourth-order valence-corrected chi connectivity index (χ4v) is 11.8. The maximum atomic E-state index is 7.43. The third-order valence-electron chi connectivity index (χ3n) is 6.71. The Balaban J connectivity index is 2.53. The van der Waals surface area contributed by atoms with Gasteiger partial charge in [0.25, 0.3) is 0 Å². The molecule has 5 nitrogen and oxygen atoms in total. The molecule has 0 spiro atoms. The SMILES string of the molecule is CCCS(CCC)(Oc1ccccc1)(Oc1ccccc1)(Oc1ccccc1OC)C(C)(C)OCC. The predicted octanol–water partition coefficient (Wildman–Crippen LogP) is 8.45. The molecule has 0 aliphatic carbocycles. The molecule has 3 aromatic rings. The molecule has 0 aromatic heterocycles. The van der Waals surface area contributed by atoms with Crippen LogP contribution in [-0.2, 0) is 4.74 Å². The lowest BCUT2D eigenvalue weighted by Gasteiger charge is -2.82. The van der Waals surface area contributed by atoms with Gasteiger partial charge in [-0.15, -0.1) is 0 Å². The van der Waals surface area contributed by atoms with Gasteiger partial charge >= 0.3 is 0 Å². The van der Waals surface area contributed by atoms with Gasteiger partial charge in [0.05, 0.1) is 27.8 Å². The van der Waals surface area contributed by atoms with Gasteiger partial charge in [-0.1, -0.05) is 62.4 Å². The van der Waals surface area contributed by atoms with E-state index in [4.69, 9.17) is 22.0 Å². The standard InChI is InChI=1S/C30H42O5S/c1-7-24-36(25-8-2,30(4,5)32-9-3,33-26-18-12-10-13-19-26,34-27-20-14-11-15-21-27)35-29-23-17-16-22-28(29)31-6/h10-23H,7-9,24-25H2,1-6H3. The van der Waals surface area contributed by atoms with Gasteiger partial charge in [-0.3, -0.25) is 0 Å². The number of methoxy groups -OCH3 is 1. The molecular formula is C30H42O5S. The Kier molecular flexibility index (Phi) is 8.21. The molecule has 198 valence electrons. The number of hydrogen-bond donors (Lipinski definition) is 0. The zero-order valence-electron chi connectivity index (χ0n) is 22.6. The number of benzene rings is 3. The van der Waals surface area contributed by atoms with Crippen LogP contribution in [0.1, 0.15) is 47.5 Å². The van der Waals surface area contributed by atoms with Crippen LogP contribution in [0.4, 0.5) is 0 Å². The first kappa shape index (κ1) is 27.8. The summed E-state index contributed by atoms with van der Waals surface area (Å²) < 4.78 is 34.6. The van der Waals surface area contributed by atoms with Crippen LogP contribution < -0.4 is 17.3 Å². The number of rotatable bonds is 14. The molecule has 0 bridgehead atoms. The minimum Gasteiger partial charge on any atom is -0.493 e. The van der Waals surface area contributed by atoms with Gasteiger partial charge in [0, 0.05) is 6.61 Å². The van der Waals surface area contributed by atoms with E-state index in [9.17, 15) is 0 Å². The van der Waals surface area contributed by atoms with Gasteiger partial charge in [-0.2, -0.15) is 0 Å². The molecule has 0 amide bonds. The molecule has 36 heavy (non-hydrogen) atoms. The number of para-hydroxylation sites is 4. The summed E-state index contributed by atoms with van der Waals surface area (Å²) in [5.41, 5.74) is 0. The Labute approximate surface area is 216 Å². The summed E-state index contributed by atoms with van der Waals surface area (Å²) in [4.78, 5) is -0.993. The van der Waals surface area contributed by atoms with E-state index in [1.807, 2.05) is 106 Å². The Bertz CT molecular complexity index is 1060. The molecule has 0 saturated carbocycles. The average Bonchev–Trinajstić information content (AvgIpc) is 2.86. The van der Waals surface area contributed by atoms with Gasteiger partial charge in [-0.05, 0) is 70.0 Å². The zero-order valence-corrected chi connectivity index (χ0v) is 23.4. The van der Waals surface area contributed by atoms with Crippen LogP contribution >= 0.6 is 9.14 Å². The van der Waals surface area contributed by atoms with Crippen molar-refractivity contribution in [2.75, 3.05) is 25.2 Å². The molecular weight excluding hydrogens is 472 g/mol. The van der Waals surface area contributed by atoms with E-state index in [2.05, 4.69) is 13.8 Å². The van der Waals surface area contributed by atoms with Gasteiger partial charge in [-0.25, -0.2) is 0 Å². The van der Waals surface area contributed by atoms with Crippen LogP contribution in [0, 0.1) is 0 Å². The second-order valence-electron chi connectivity index (χ2n) is 9.42. The van der Waals surface area contributed by atoms with Crippen molar-refractivity contribution in [3.8, 4) is 23.0 Å². The summed E-state index contributed by atoms with van der Waals surface area (Å²) in [6.07, 6.45) is 1.49. The van der Waals surface area contributed by atoms with E-state index in [-0.39, 0.29) is 0 Å². The van der Waals surface area contributed by atoms with Crippen LogP contribution in [0.5, 0.6) is 23.0 Å². The highest BCUT2D eigenvalue weighted by Crippen LogP contribution is 2.95. The minimum absolute atomic E-state index is 0.464. The first-order chi connectivity index (χ1) is 17.2. The second kappa shape index (κ2) is 10.7. The predicted molar refractivity (Wildman–Crippen MR) is 151 cm³/mol. The maximum absolute atomic E-state index is 7.43. The highest BCUT2D eigenvalue weighted by molar-refractivity contribution is 8.55. The van der Waals surface area contributed by atoms with Gasteiger partial charge in [0.1, 0.15) is 11.5 Å². The molecule has 0 saturated heterocycles. The topological polar surface area (TPSA) is 46.2 Å². The summed E-state index contributed by atoms with van der Waals surface area (Å²) in [5.74, 6) is 3.48. The largest absolute Gasteiger partial charge is 0.493 e. The van der Waals surface area contributed by atoms with Crippen LogP contribution in [-0.4, -0.2) is 30.2 Å². The van der Waals surface area contributed by atoms with Crippen molar-refractivity contribution in [1.82, 2.24) is 0 Å². The monoisotopic (exact) mass is 514 g/mol. The third kappa shape index (κ3) is 4.64. The highest BCUT2D eigenvalue weighted by atomic mass is 32.4.